The molecule has 23 heavy (non-hydrogen) atoms. The second-order valence-electron chi connectivity index (χ2n) is 4.98. The molecule has 2 aromatic rings. The van der Waals surface area contributed by atoms with Gasteiger partial charge in [-0.15, -0.1) is 0 Å². The number of halogens is 3. The van der Waals surface area contributed by atoms with Crippen molar-refractivity contribution in [1.29, 1.82) is 0 Å². The average Bonchev–Trinajstić information content (AvgIpc) is 2.50. The van der Waals surface area contributed by atoms with Gasteiger partial charge in [0.1, 0.15) is 17.5 Å². The number of rotatable bonds is 5. The van der Waals surface area contributed by atoms with Gasteiger partial charge in [-0.2, -0.15) is 0 Å². The minimum Gasteiger partial charge on any atom is -0.466 e. The minimum atomic E-state index is -1.04. The third-order valence-electron chi connectivity index (χ3n) is 3.31. The largest absolute Gasteiger partial charge is 0.466 e. The Balaban J connectivity index is 2.38. The van der Waals surface area contributed by atoms with Crippen LogP contribution in [0.3, 0.4) is 0 Å². The van der Waals surface area contributed by atoms with Crippen LogP contribution in [-0.4, -0.2) is 12.6 Å². The normalized spacial score (nSPS) is 12.0. The lowest BCUT2D eigenvalue weighted by Gasteiger charge is -2.15. The molecule has 0 aliphatic carbocycles. The van der Waals surface area contributed by atoms with Crippen LogP contribution in [0.15, 0.2) is 36.4 Å². The monoisotopic (exact) mass is 323 g/mol. The summed E-state index contributed by atoms with van der Waals surface area (Å²) in [4.78, 5) is 11.5. The fraction of sp³-hybridized carbons (Fsp3) is 0.235. The number of benzene rings is 2. The highest BCUT2D eigenvalue weighted by atomic mass is 19.1. The summed E-state index contributed by atoms with van der Waals surface area (Å²) in [6.07, 6.45) is -0.267. The molecule has 1 atom stereocenters. The first kappa shape index (κ1) is 17.0. The van der Waals surface area contributed by atoms with Crippen molar-refractivity contribution in [3.63, 3.8) is 0 Å². The molecule has 0 spiro atoms. The van der Waals surface area contributed by atoms with Crippen LogP contribution in [0, 0.1) is 17.5 Å². The molecule has 0 heterocycles. The molecule has 0 aliphatic rings. The first-order valence-electron chi connectivity index (χ1n) is 7.08. The molecule has 0 aromatic heterocycles. The van der Waals surface area contributed by atoms with E-state index < -0.39 is 29.5 Å². The predicted octanol–water partition coefficient (Wildman–Crippen LogP) is 3.72. The topological polar surface area (TPSA) is 52.3 Å². The van der Waals surface area contributed by atoms with Crippen molar-refractivity contribution >= 4 is 5.97 Å². The smallest absolute Gasteiger partial charge is 0.307 e. The van der Waals surface area contributed by atoms with Gasteiger partial charge < -0.3 is 10.5 Å². The number of hydrogen-bond acceptors (Lipinski definition) is 3. The van der Waals surface area contributed by atoms with Gasteiger partial charge in [0.15, 0.2) is 0 Å². The van der Waals surface area contributed by atoms with Gasteiger partial charge in [-0.25, -0.2) is 13.2 Å². The maximum atomic E-state index is 14.6. The van der Waals surface area contributed by atoms with Gasteiger partial charge in [-0.3, -0.25) is 4.79 Å². The SMILES string of the molecule is CCOC(=O)CC(N)c1cc(F)cc(-c2ccc(F)cc2)c1F. The number of carbonyl (C=O) groups is 1. The van der Waals surface area contributed by atoms with Crippen LogP contribution in [0.25, 0.3) is 11.1 Å². The molecule has 0 saturated heterocycles. The second-order valence-corrected chi connectivity index (χ2v) is 4.98. The predicted molar refractivity (Wildman–Crippen MR) is 79.9 cm³/mol. The summed E-state index contributed by atoms with van der Waals surface area (Å²) in [6, 6.07) is 5.90. The maximum Gasteiger partial charge on any atom is 0.307 e. The van der Waals surface area contributed by atoms with E-state index in [1.54, 1.807) is 6.92 Å². The Bertz CT molecular complexity index is 702. The van der Waals surface area contributed by atoms with Gasteiger partial charge in [-0.1, -0.05) is 12.1 Å². The van der Waals surface area contributed by atoms with Crippen molar-refractivity contribution in [3.8, 4) is 11.1 Å². The first-order chi connectivity index (χ1) is 10.9. The number of nitrogens with two attached hydrogens (primary N) is 1. The molecule has 3 nitrogen and oxygen atoms in total. The molecule has 0 radical (unpaired) electrons. The zero-order valence-corrected chi connectivity index (χ0v) is 12.5. The van der Waals surface area contributed by atoms with Gasteiger partial charge in [0.25, 0.3) is 0 Å². The van der Waals surface area contributed by atoms with Crippen LogP contribution in [0.5, 0.6) is 0 Å². The van der Waals surface area contributed by atoms with E-state index >= 15 is 0 Å². The van der Waals surface area contributed by atoms with Gasteiger partial charge >= 0.3 is 5.97 Å². The Hall–Kier alpha value is -2.34. The molecular formula is C17H16F3NO2. The summed E-state index contributed by atoms with van der Waals surface area (Å²) in [6.45, 7) is 1.82. The highest BCUT2D eigenvalue weighted by molar-refractivity contribution is 5.71. The molecule has 0 saturated carbocycles. The first-order valence-corrected chi connectivity index (χ1v) is 7.08. The summed E-state index contributed by atoms with van der Waals surface area (Å²) in [5, 5.41) is 0. The lowest BCUT2D eigenvalue weighted by atomic mass is 9.97. The molecule has 0 fully saturated rings. The molecule has 0 bridgehead atoms. The van der Waals surface area contributed by atoms with Crippen LogP contribution in [0.2, 0.25) is 0 Å². The van der Waals surface area contributed by atoms with Crippen molar-refractivity contribution in [2.24, 2.45) is 5.73 Å². The molecule has 2 rings (SSSR count). The summed E-state index contributed by atoms with van der Waals surface area (Å²) < 4.78 is 46.2. The van der Waals surface area contributed by atoms with E-state index in [-0.39, 0.29) is 24.2 Å². The van der Waals surface area contributed by atoms with Crippen LogP contribution in [0.1, 0.15) is 24.9 Å². The fourth-order valence-electron chi connectivity index (χ4n) is 2.23. The van der Waals surface area contributed by atoms with E-state index in [9.17, 15) is 18.0 Å². The van der Waals surface area contributed by atoms with Gasteiger partial charge in [0.05, 0.1) is 13.0 Å². The fourth-order valence-corrected chi connectivity index (χ4v) is 2.23. The number of ether oxygens (including phenoxy) is 1. The third-order valence-corrected chi connectivity index (χ3v) is 3.31. The lowest BCUT2D eigenvalue weighted by Crippen LogP contribution is -2.19. The third kappa shape index (κ3) is 4.10. The summed E-state index contributed by atoms with van der Waals surface area (Å²) in [5.74, 6) is -2.51. The molecule has 0 amide bonds. The van der Waals surface area contributed by atoms with E-state index in [0.29, 0.717) is 5.56 Å². The summed E-state index contributed by atoms with van der Waals surface area (Å²) in [5.41, 5.74) is 5.94. The van der Waals surface area contributed by atoms with Crippen molar-refractivity contribution < 1.29 is 22.7 Å². The Morgan fingerprint density at radius 2 is 1.78 bits per heavy atom. The zero-order chi connectivity index (χ0) is 17.0. The minimum absolute atomic E-state index is 0.0423. The van der Waals surface area contributed by atoms with Crippen LogP contribution in [0.4, 0.5) is 13.2 Å². The van der Waals surface area contributed by atoms with Crippen LogP contribution >= 0.6 is 0 Å². The second kappa shape index (κ2) is 7.28. The molecular weight excluding hydrogens is 307 g/mol. The Morgan fingerprint density at radius 3 is 2.39 bits per heavy atom. The Morgan fingerprint density at radius 1 is 1.13 bits per heavy atom. The molecule has 1 unspecified atom stereocenters. The van der Waals surface area contributed by atoms with Crippen molar-refractivity contribution in [2.75, 3.05) is 6.61 Å². The van der Waals surface area contributed by atoms with Crippen molar-refractivity contribution in [1.82, 2.24) is 0 Å². The van der Waals surface area contributed by atoms with Gasteiger partial charge in [0.2, 0.25) is 0 Å². The van der Waals surface area contributed by atoms with Crippen molar-refractivity contribution in [3.05, 3.63) is 59.4 Å². The number of hydrogen-bond donors (Lipinski definition) is 1. The van der Waals surface area contributed by atoms with Gasteiger partial charge in [0, 0.05) is 17.2 Å². The van der Waals surface area contributed by atoms with Crippen LogP contribution < -0.4 is 5.73 Å². The Labute approximate surface area is 131 Å². The van der Waals surface area contributed by atoms with E-state index in [1.165, 1.54) is 12.1 Å². The highest BCUT2D eigenvalue weighted by Gasteiger charge is 2.20. The van der Waals surface area contributed by atoms with E-state index in [4.69, 9.17) is 10.5 Å². The van der Waals surface area contributed by atoms with Gasteiger partial charge in [-0.05, 0) is 36.8 Å². The number of carbonyl (C=O) groups excluding carboxylic acids is 1. The zero-order valence-electron chi connectivity index (χ0n) is 12.5. The molecule has 122 valence electrons. The summed E-state index contributed by atoms with van der Waals surface area (Å²) >= 11 is 0. The lowest BCUT2D eigenvalue weighted by molar-refractivity contribution is -0.143. The maximum absolute atomic E-state index is 14.6. The molecule has 0 aliphatic heterocycles. The standard InChI is InChI=1S/C17H16F3NO2/c1-2-23-16(22)9-15(21)14-8-12(19)7-13(17(14)20)10-3-5-11(18)6-4-10/h3-8,15H,2,9,21H2,1H3. The van der Waals surface area contributed by atoms with Crippen LogP contribution in [-0.2, 0) is 9.53 Å². The highest BCUT2D eigenvalue weighted by Crippen LogP contribution is 2.30. The number of esters is 1. The van der Waals surface area contributed by atoms with E-state index in [1.807, 2.05) is 0 Å². The quantitative estimate of drug-likeness (QED) is 0.853. The van der Waals surface area contributed by atoms with E-state index in [0.717, 1.165) is 24.3 Å². The molecule has 6 heteroatoms. The molecule has 2 aromatic carbocycles. The molecule has 2 N–H and O–H groups in total. The summed E-state index contributed by atoms with van der Waals surface area (Å²) in [7, 11) is 0. The average molecular weight is 323 g/mol. The van der Waals surface area contributed by atoms with E-state index in [2.05, 4.69) is 0 Å². The Kier molecular flexibility index (Phi) is 5.39. The van der Waals surface area contributed by atoms with Crippen molar-refractivity contribution in [2.45, 2.75) is 19.4 Å².